The minimum atomic E-state index is -0.374. The fraction of sp³-hybridized carbons (Fsp3) is 0.0526. The maximum Gasteiger partial charge on any atom is 0.150 e. The van der Waals surface area contributed by atoms with E-state index >= 15 is 0 Å². The van der Waals surface area contributed by atoms with Gasteiger partial charge in [0.25, 0.3) is 0 Å². The van der Waals surface area contributed by atoms with Crippen molar-refractivity contribution in [1.29, 1.82) is 0 Å². The molecule has 0 nitrogen and oxygen atoms in total. The number of hydrogen-bond acceptors (Lipinski definition) is 0. The monoisotopic (exact) mass is 296 g/mol. The van der Waals surface area contributed by atoms with Crippen LogP contribution in [0.4, 0.5) is 4.39 Å². The lowest BCUT2D eigenvalue weighted by molar-refractivity contribution is 0.632. The highest BCUT2D eigenvalue weighted by Crippen LogP contribution is 2.35. The maximum atomic E-state index is 14.6. The van der Waals surface area contributed by atoms with Crippen LogP contribution in [0.15, 0.2) is 66.7 Å². The molecule has 2 heteroatoms. The molecule has 0 spiro atoms. The SMILES string of the molecule is Cc1ccc(-c2ccc(-c3ccccc3)c(F)c2Cl)cc1. The minimum Gasteiger partial charge on any atom is -0.205 e. The maximum absolute atomic E-state index is 14.6. The molecular weight excluding hydrogens is 283 g/mol. The highest BCUT2D eigenvalue weighted by molar-refractivity contribution is 6.33. The molecule has 0 N–H and O–H groups in total. The van der Waals surface area contributed by atoms with Gasteiger partial charge in [-0.1, -0.05) is 83.9 Å². The minimum absolute atomic E-state index is 0.167. The molecule has 3 aromatic rings. The van der Waals surface area contributed by atoms with Crippen molar-refractivity contribution in [1.82, 2.24) is 0 Å². The molecule has 0 bridgehead atoms. The van der Waals surface area contributed by atoms with Crippen LogP contribution in [-0.4, -0.2) is 0 Å². The van der Waals surface area contributed by atoms with Gasteiger partial charge in [-0.3, -0.25) is 0 Å². The first kappa shape index (κ1) is 13.8. The quantitative estimate of drug-likeness (QED) is 0.534. The highest BCUT2D eigenvalue weighted by Gasteiger charge is 2.14. The predicted octanol–water partition coefficient (Wildman–Crippen LogP) is 6.12. The van der Waals surface area contributed by atoms with Crippen LogP contribution in [0, 0.1) is 12.7 Å². The van der Waals surface area contributed by atoms with Crippen molar-refractivity contribution < 1.29 is 4.39 Å². The third-order valence-corrected chi connectivity index (χ3v) is 3.90. The summed E-state index contributed by atoms with van der Waals surface area (Å²) >= 11 is 6.25. The normalized spacial score (nSPS) is 10.6. The lowest BCUT2D eigenvalue weighted by Crippen LogP contribution is -1.89. The second-order valence-electron chi connectivity index (χ2n) is 5.02. The van der Waals surface area contributed by atoms with Crippen LogP contribution in [0.5, 0.6) is 0 Å². The Bertz CT molecular complexity index is 762. The Balaban J connectivity index is 2.11. The Labute approximate surface area is 128 Å². The molecule has 0 aliphatic heterocycles. The van der Waals surface area contributed by atoms with Gasteiger partial charge in [-0.15, -0.1) is 0 Å². The molecular formula is C19H14ClF. The van der Waals surface area contributed by atoms with E-state index in [0.29, 0.717) is 11.1 Å². The largest absolute Gasteiger partial charge is 0.205 e. The summed E-state index contributed by atoms with van der Waals surface area (Å²) in [6.07, 6.45) is 0. The van der Waals surface area contributed by atoms with Gasteiger partial charge in [-0.25, -0.2) is 4.39 Å². The van der Waals surface area contributed by atoms with Crippen LogP contribution in [0.2, 0.25) is 5.02 Å². The van der Waals surface area contributed by atoms with Crippen molar-refractivity contribution in [2.75, 3.05) is 0 Å². The van der Waals surface area contributed by atoms with E-state index < -0.39 is 0 Å². The van der Waals surface area contributed by atoms with Crippen molar-refractivity contribution in [3.05, 3.63) is 83.1 Å². The lowest BCUT2D eigenvalue weighted by atomic mass is 9.99. The second kappa shape index (κ2) is 5.71. The number of aryl methyl sites for hydroxylation is 1. The fourth-order valence-corrected chi connectivity index (χ4v) is 2.62. The molecule has 0 fully saturated rings. The Kier molecular flexibility index (Phi) is 3.76. The number of halogens is 2. The zero-order valence-electron chi connectivity index (χ0n) is 11.6. The van der Waals surface area contributed by atoms with E-state index in [9.17, 15) is 4.39 Å². The van der Waals surface area contributed by atoms with Crippen molar-refractivity contribution in [2.45, 2.75) is 6.92 Å². The number of rotatable bonds is 2. The van der Waals surface area contributed by atoms with Gasteiger partial charge in [0.2, 0.25) is 0 Å². The zero-order valence-corrected chi connectivity index (χ0v) is 12.4. The molecule has 104 valence electrons. The van der Waals surface area contributed by atoms with E-state index in [1.54, 1.807) is 6.07 Å². The van der Waals surface area contributed by atoms with Crippen LogP contribution in [0.1, 0.15) is 5.56 Å². The van der Waals surface area contributed by atoms with Gasteiger partial charge in [-0.05, 0) is 18.1 Å². The van der Waals surface area contributed by atoms with E-state index in [-0.39, 0.29) is 10.8 Å². The standard InChI is InChI=1S/C19H14ClF/c1-13-7-9-15(10-8-13)16-11-12-17(19(21)18(16)20)14-5-3-2-4-6-14/h2-12H,1H3. The van der Waals surface area contributed by atoms with E-state index in [1.165, 1.54) is 0 Å². The third kappa shape index (κ3) is 2.70. The molecule has 0 saturated heterocycles. The van der Waals surface area contributed by atoms with Gasteiger partial charge >= 0.3 is 0 Å². The first-order chi connectivity index (χ1) is 10.2. The van der Waals surface area contributed by atoms with E-state index in [0.717, 1.165) is 16.7 Å². The molecule has 0 amide bonds. The van der Waals surface area contributed by atoms with Gasteiger partial charge in [0.15, 0.2) is 0 Å². The van der Waals surface area contributed by atoms with E-state index in [4.69, 9.17) is 11.6 Å². The average Bonchev–Trinajstić information content (AvgIpc) is 2.52. The van der Waals surface area contributed by atoms with Gasteiger partial charge in [0.1, 0.15) is 5.82 Å². The summed E-state index contributed by atoms with van der Waals surface area (Å²) in [5, 5.41) is 0.167. The number of benzene rings is 3. The molecule has 0 saturated carbocycles. The Morgan fingerprint density at radius 3 is 1.95 bits per heavy atom. The predicted molar refractivity (Wildman–Crippen MR) is 87.0 cm³/mol. The summed E-state index contributed by atoms with van der Waals surface area (Å²) in [6.45, 7) is 2.02. The topological polar surface area (TPSA) is 0 Å². The summed E-state index contributed by atoms with van der Waals surface area (Å²) < 4.78 is 14.6. The molecule has 0 atom stereocenters. The Hall–Kier alpha value is -2.12. The molecule has 0 aliphatic carbocycles. The molecule has 3 rings (SSSR count). The Morgan fingerprint density at radius 2 is 1.29 bits per heavy atom. The smallest absolute Gasteiger partial charge is 0.150 e. The van der Waals surface area contributed by atoms with Crippen LogP contribution in [0.3, 0.4) is 0 Å². The Morgan fingerprint density at radius 1 is 0.714 bits per heavy atom. The summed E-state index contributed by atoms with van der Waals surface area (Å²) in [6, 6.07) is 21.0. The van der Waals surface area contributed by atoms with Gasteiger partial charge in [-0.2, -0.15) is 0 Å². The second-order valence-corrected chi connectivity index (χ2v) is 5.40. The molecule has 0 aromatic heterocycles. The lowest BCUT2D eigenvalue weighted by Gasteiger charge is -2.10. The van der Waals surface area contributed by atoms with Gasteiger partial charge in [0.05, 0.1) is 5.02 Å². The molecule has 0 radical (unpaired) electrons. The van der Waals surface area contributed by atoms with Gasteiger partial charge < -0.3 is 0 Å². The summed E-state index contributed by atoms with van der Waals surface area (Å²) in [7, 11) is 0. The van der Waals surface area contributed by atoms with Crippen molar-refractivity contribution in [3.8, 4) is 22.3 Å². The van der Waals surface area contributed by atoms with Gasteiger partial charge in [0, 0.05) is 11.1 Å². The molecule has 0 heterocycles. The molecule has 21 heavy (non-hydrogen) atoms. The first-order valence-electron chi connectivity index (χ1n) is 6.77. The third-order valence-electron chi connectivity index (χ3n) is 3.53. The molecule has 0 aliphatic rings. The summed E-state index contributed by atoms with van der Waals surface area (Å²) in [4.78, 5) is 0. The summed E-state index contributed by atoms with van der Waals surface area (Å²) in [5.74, 6) is -0.374. The average molecular weight is 297 g/mol. The molecule has 3 aromatic carbocycles. The van der Waals surface area contributed by atoms with Crippen LogP contribution in [-0.2, 0) is 0 Å². The van der Waals surface area contributed by atoms with Crippen LogP contribution in [0.25, 0.3) is 22.3 Å². The first-order valence-corrected chi connectivity index (χ1v) is 7.15. The van der Waals surface area contributed by atoms with Crippen LogP contribution >= 0.6 is 11.6 Å². The zero-order chi connectivity index (χ0) is 14.8. The van der Waals surface area contributed by atoms with E-state index in [1.807, 2.05) is 67.6 Å². The van der Waals surface area contributed by atoms with E-state index in [2.05, 4.69) is 0 Å². The molecule has 0 unspecified atom stereocenters. The fourth-order valence-electron chi connectivity index (χ4n) is 2.35. The van der Waals surface area contributed by atoms with Crippen molar-refractivity contribution >= 4 is 11.6 Å². The number of hydrogen-bond donors (Lipinski definition) is 0. The summed E-state index contributed by atoms with van der Waals surface area (Å²) in [5.41, 5.74) is 4.15. The van der Waals surface area contributed by atoms with Crippen LogP contribution < -0.4 is 0 Å². The van der Waals surface area contributed by atoms with Crippen molar-refractivity contribution in [2.24, 2.45) is 0 Å². The van der Waals surface area contributed by atoms with Crippen molar-refractivity contribution in [3.63, 3.8) is 0 Å². The highest BCUT2D eigenvalue weighted by atomic mass is 35.5.